The summed E-state index contributed by atoms with van der Waals surface area (Å²) in [6.07, 6.45) is 1.28. The third-order valence-corrected chi connectivity index (χ3v) is 2.00. The Morgan fingerprint density at radius 2 is 2.35 bits per heavy atom. The number of hydrogen-bond acceptors (Lipinski definition) is 6. The number of carboxylic acids is 1. The monoisotopic (exact) mass is 234 g/mol. The van der Waals surface area contributed by atoms with Crippen molar-refractivity contribution < 1.29 is 14.4 Å². The van der Waals surface area contributed by atoms with Crippen molar-refractivity contribution in [2.45, 2.75) is 13.5 Å². The molecule has 0 amide bonds. The molecule has 0 spiro atoms. The first-order valence-corrected chi connectivity index (χ1v) is 4.87. The van der Waals surface area contributed by atoms with Crippen molar-refractivity contribution in [3.05, 3.63) is 35.6 Å². The summed E-state index contributed by atoms with van der Waals surface area (Å²) in [5.74, 6) is 0.560. The molecule has 0 saturated heterocycles. The van der Waals surface area contributed by atoms with E-state index in [0.29, 0.717) is 24.1 Å². The molecule has 88 valence electrons. The van der Waals surface area contributed by atoms with Crippen LogP contribution in [0.4, 0.5) is 5.82 Å². The van der Waals surface area contributed by atoms with Crippen LogP contribution in [0.25, 0.3) is 0 Å². The summed E-state index contributed by atoms with van der Waals surface area (Å²) in [5.41, 5.74) is 0.143. The zero-order valence-electron chi connectivity index (χ0n) is 9.04. The lowest BCUT2D eigenvalue weighted by Crippen LogP contribution is -2.03. The molecule has 2 aromatic heterocycles. The summed E-state index contributed by atoms with van der Waals surface area (Å²) >= 11 is 0. The lowest BCUT2D eigenvalue weighted by atomic mass is 10.3. The zero-order chi connectivity index (χ0) is 12.3. The molecule has 0 atom stereocenters. The largest absolute Gasteiger partial charge is 0.478 e. The van der Waals surface area contributed by atoms with Crippen molar-refractivity contribution in [2.24, 2.45) is 0 Å². The fraction of sp³-hybridized carbons (Fsp3) is 0.200. The number of carbonyl (C=O) groups is 1. The first-order valence-electron chi connectivity index (χ1n) is 4.87. The molecule has 0 radical (unpaired) electrons. The van der Waals surface area contributed by atoms with Crippen LogP contribution >= 0.6 is 0 Å². The molecule has 2 N–H and O–H groups in total. The number of aromatic nitrogens is 3. The number of nitrogens with zero attached hydrogens (tertiary/aromatic N) is 3. The van der Waals surface area contributed by atoms with E-state index in [2.05, 4.69) is 20.4 Å². The predicted octanol–water partition coefficient (Wildman–Crippen LogP) is 1.08. The van der Waals surface area contributed by atoms with Crippen LogP contribution in [0.2, 0.25) is 0 Å². The Hall–Kier alpha value is -2.44. The molecule has 17 heavy (non-hydrogen) atoms. The highest BCUT2D eigenvalue weighted by molar-refractivity contribution is 5.87. The summed E-state index contributed by atoms with van der Waals surface area (Å²) in [5, 5.41) is 15.3. The maximum Gasteiger partial charge on any atom is 0.337 e. The fourth-order valence-corrected chi connectivity index (χ4v) is 1.20. The van der Waals surface area contributed by atoms with Crippen LogP contribution in [0, 0.1) is 6.92 Å². The molecule has 2 heterocycles. The molecule has 7 heteroatoms. The van der Waals surface area contributed by atoms with Crippen LogP contribution in [0.3, 0.4) is 0 Å². The summed E-state index contributed by atoms with van der Waals surface area (Å²) in [6, 6.07) is 3.05. The quantitative estimate of drug-likeness (QED) is 0.816. The van der Waals surface area contributed by atoms with Gasteiger partial charge in [-0.1, -0.05) is 5.16 Å². The van der Waals surface area contributed by atoms with Crippen molar-refractivity contribution >= 4 is 11.8 Å². The Kier molecular flexibility index (Phi) is 2.99. The second-order valence-corrected chi connectivity index (χ2v) is 3.33. The first kappa shape index (κ1) is 11.1. The van der Waals surface area contributed by atoms with Gasteiger partial charge in [0, 0.05) is 6.20 Å². The minimum Gasteiger partial charge on any atom is -0.478 e. The van der Waals surface area contributed by atoms with Crippen LogP contribution in [0.1, 0.15) is 22.1 Å². The van der Waals surface area contributed by atoms with Gasteiger partial charge in [-0.2, -0.15) is 4.98 Å². The highest BCUT2D eigenvalue weighted by Gasteiger charge is 2.04. The second kappa shape index (κ2) is 4.60. The molecule has 0 aliphatic rings. The molecule has 0 saturated carbocycles. The summed E-state index contributed by atoms with van der Waals surface area (Å²) < 4.78 is 4.90. The highest BCUT2D eigenvalue weighted by Crippen LogP contribution is 2.06. The SMILES string of the molecule is Cc1noc(CNc2ccc(C(=O)O)cn2)n1. The highest BCUT2D eigenvalue weighted by atomic mass is 16.5. The van der Waals surface area contributed by atoms with E-state index < -0.39 is 5.97 Å². The Bertz CT molecular complexity index is 521. The molecule has 0 unspecified atom stereocenters. The van der Waals surface area contributed by atoms with E-state index in [1.54, 1.807) is 13.0 Å². The van der Waals surface area contributed by atoms with E-state index in [-0.39, 0.29) is 5.56 Å². The fourth-order valence-electron chi connectivity index (χ4n) is 1.20. The van der Waals surface area contributed by atoms with E-state index in [0.717, 1.165) is 0 Å². The number of rotatable bonds is 4. The zero-order valence-corrected chi connectivity index (χ0v) is 9.04. The van der Waals surface area contributed by atoms with Gasteiger partial charge in [0.2, 0.25) is 5.89 Å². The average molecular weight is 234 g/mol. The van der Waals surface area contributed by atoms with Gasteiger partial charge in [0.05, 0.1) is 12.1 Å². The molecule has 7 nitrogen and oxygen atoms in total. The maximum absolute atomic E-state index is 10.6. The van der Waals surface area contributed by atoms with E-state index in [4.69, 9.17) is 9.63 Å². The van der Waals surface area contributed by atoms with Crippen LogP contribution in [-0.2, 0) is 6.54 Å². The Morgan fingerprint density at radius 1 is 1.53 bits per heavy atom. The maximum atomic E-state index is 10.6. The van der Waals surface area contributed by atoms with Crippen LogP contribution in [0.15, 0.2) is 22.9 Å². The lowest BCUT2D eigenvalue weighted by Gasteiger charge is -2.01. The van der Waals surface area contributed by atoms with Gasteiger partial charge in [-0.25, -0.2) is 9.78 Å². The van der Waals surface area contributed by atoms with Gasteiger partial charge < -0.3 is 14.9 Å². The standard InChI is InChI=1S/C10H10N4O3/c1-6-13-9(17-14-6)5-12-8-3-2-7(4-11-8)10(15)16/h2-4H,5H2,1H3,(H,11,12)(H,15,16). The number of anilines is 1. The van der Waals surface area contributed by atoms with E-state index >= 15 is 0 Å². The van der Waals surface area contributed by atoms with Crippen LogP contribution in [0.5, 0.6) is 0 Å². The molecular formula is C10H10N4O3. The van der Waals surface area contributed by atoms with E-state index in [1.807, 2.05) is 0 Å². The minimum absolute atomic E-state index is 0.143. The van der Waals surface area contributed by atoms with Crippen molar-refractivity contribution in [3.8, 4) is 0 Å². The predicted molar refractivity (Wildman–Crippen MR) is 57.6 cm³/mol. The van der Waals surface area contributed by atoms with Crippen molar-refractivity contribution in [3.63, 3.8) is 0 Å². The van der Waals surface area contributed by atoms with Crippen LogP contribution < -0.4 is 5.32 Å². The molecule has 0 fully saturated rings. The number of aromatic carboxylic acids is 1. The van der Waals surface area contributed by atoms with E-state index in [1.165, 1.54) is 12.3 Å². The van der Waals surface area contributed by atoms with Gasteiger partial charge in [-0.05, 0) is 19.1 Å². The second-order valence-electron chi connectivity index (χ2n) is 3.33. The number of aryl methyl sites for hydroxylation is 1. The third kappa shape index (κ3) is 2.77. The summed E-state index contributed by atoms with van der Waals surface area (Å²) in [7, 11) is 0. The summed E-state index contributed by atoms with van der Waals surface area (Å²) in [4.78, 5) is 18.6. The molecule has 0 aliphatic heterocycles. The van der Waals surface area contributed by atoms with Gasteiger partial charge in [0.15, 0.2) is 5.82 Å². The third-order valence-electron chi connectivity index (χ3n) is 2.00. The molecule has 0 aliphatic carbocycles. The van der Waals surface area contributed by atoms with Gasteiger partial charge in [0.1, 0.15) is 5.82 Å². The minimum atomic E-state index is -1.00. The van der Waals surface area contributed by atoms with E-state index in [9.17, 15) is 4.79 Å². The van der Waals surface area contributed by atoms with Crippen LogP contribution in [-0.4, -0.2) is 26.2 Å². The summed E-state index contributed by atoms with van der Waals surface area (Å²) in [6.45, 7) is 2.08. The molecule has 0 bridgehead atoms. The van der Waals surface area contributed by atoms with Crippen molar-refractivity contribution in [1.82, 2.24) is 15.1 Å². The smallest absolute Gasteiger partial charge is 0.337 e. The number of pyridine rings is 1. The molecule has 2 rings (SSSR count). The number of hydrogen-bond donors (Lipinski definition) is 2. The normalized spacial score (nSPS) is 10.2. The lowest BCUT2D eigenvalue weighted by molar-refractivity contribution is 0.0696. The molecular weight excluding hydrogens is 224 g/mol. The topological polar surface area (TPSA) is 101 Å². The number of nitrogens with one attached hydrogen (secondary N) is 1. The molecule has 0 aromatic carbocycles. The van der Waals surface area contributed by atoms with Gasteiger partial charge in [-0.15, -0.1) is 0 Å². The van der Waals surface area contributed by atoms with Gasteiger partial charge in [-0.3, -0.25) is 0 Å². The Balaban J connectivity index is 1.97. The Morgan fingerprint density at radius 3 is 2.88 bits per heavy atom. The molecule has 2 aromatic rings. The van der Waals surface area contributed by atoms with Gasteiger partial charge in [0.25, 0.3) is 0 Å². The van der Waals surface area contributed by atoms with Crippen molar-refractivity contribution in [2.75, 3.05) is 5.32 Å². The Labute approximate surface area is 96.5 Å². The van der Waals surface area contributed by atoms with Gasteiger partial charge >= 0.3 is 5.97 Å². The van der Waals surface area contributed by atoms with Crippen molar-refractivity contribution in [1.29, 1.82) is 0 Å². The number of carboxylic acid groups (broad SMARTS) is 1. The first-order chi connectivity index (χ1) is 8.15. The average Bonchev–Trinajstić information content (AvgIpc) is 2.73.